The molecule has 1 aliphatic heterocycles. The summed E-state index contributed by atoms with van der Waals surface area (Å²) in [6, 6.07) is 14.6. The standard InChI is InChI=1S/C23H23FN6O/c24-17-10-11-18-19(14-17)26-22(25-18)21-9-5-13-30(21)23(31)20-15-29(28-27-20)12-4-8-16-6-2-1-3-7-16/h1-3,6-7,10-11,14-15,21H,4-5,8-9,12-13H2,(H,25,26)/t21-/m1/s1. The fourth-order valence-corrected chi connectivity index (χ4v) is 4.20. The number of hydrogen-bond acceptors (Lipinski definition) is 4. The van der Waals surface area contributed by atoms with Crippen LogP contribution in [0, 0.1) is 5.82 Å². The van der Waals surface area contributed by atoms with Gasteiger partial charge in [-0.2, -0.15) is 0 Å². The second-order valence-electron chi connectivity index (χ2n) is 7.90. The molecule has 0 bridgehead atoms. The second kappa shape index (κ2) is 8.29. The predicted octanol–water partition coefficient (Wildman–Crippen LogP) is 3.90. The Kier molecular flexibility index (Phi) is 5.19. The van der Waals surface area contributed by atoms with Crippen LogP contribution in [-0.2, 0) is 13.0 Å². The summed E-state index contributed by atoms with van der Waals surface area (Å²) in [4.78, 5) is 22.7. The van der Waals surface area contributed by atoms with Gasteiger partial charge < -0.3 is 9.88 Å². The Bertz CT molecular complexity index is 1200. The lowest BCUT2D eigenvalue weighted by Crippen LogP contribution is -2.31. The summed E-state index contributed by atoms with van der Waals surface area (Å²) in [6.45, 7) is 1.34. The van der Waals surface area contributed by atoms with Crippen LogP contribution < -0.4 is 0 Å². The van der Waals surface area contributed by atoms with Gasteiger partial charge in [-0.05, 0) is 49.4 Å². The number of fused-ring (bicyclic) bond motifs is 1. The number of imidazole rings is 1. The van der Waals surface area contributed by atoms with Crippen molar-refractivity contribution >= 4 is 16.9 Å². The lowest BCUT2D eigenvalue weighted by molar-refractivity contribution is 0.0724. The molecule has 1 saturated heterocycles. The summed E-state index contributed by atoms with van der Waals surface area (Å²) < 4.78 is 15.2. The summed E-state index contributed by atoms with van der Waals surface area (Å²) in [6.07, 6.45) is 5.27. The fourth-order valence-electron chi connectivity index (χ4n) is 4.20. The van der Waals surface area contributed by atoms with Crippen LogP contribution >= 0.6 is 0 Å². The van der Waals surface area contributed by atoms with E-state index in [9.17, 15) is 9.18 Å². The summed E-state index contributed by atoms with van der Waals surface area (Å²) in [7, 11) is 0. The lowest BCUT2D eigenvalue weighted by Gasteiger charge is -2.21. The van der Waals surface area contributed by atoms with Gasteiger partial charge in [0.1, 0.15) is 11.6 Å². The number of aromatic amines is 1. The first-order valence-corrected chi connectivity index (χ1v) is 10.6. The third-order valence-electron chi connectivity index (χ3n) is 5.74. The maximum atomic E-state index is 13.5. The van der Waals surface area contributed by atoms with E-state index >= 15 is 0 Å². The maximum absolute atomic E-state index is 13.5. The van der Waals surface area contributed by atoms with Crippen LogP contribution in [0.1, 0.15) is 47.2 Å². The number of carbonyl (C=O) groups is 1. The minimum Gasteiger partial charge on any atom is -0.340 e. The summed E-state index contributed by atoms with van der Waals surface area (Å²) in [5.41, 5.74) is 2.96. The molecule has 2 aromatic heterocycles. The molecule has 0 spiro atoms. The molecule has 1 aliphatic rings. The van der Waals surface area contributed by atoms with Crippen LogP contribution in [0.5, 0.6) is 0 Å². The molecular formula is C23H23FN6O. The van der Waals surface area contributed by atoms with Crippen LogP contribution in [0.2, 0.25) is 0 Å². The average molecular weight is 418 g/mol. The van der Waals surface area contributed by atoms with Crippen LogP contribution in [-0.4, -0.2) is 42.3 Å². The molecule has 3 heterocycles. The largest absolute Gasteiger partial charge is 0.340 e. The zero-order valence-electron chi connectivity index (χ0n) is 17.0. The first kappa shape index (κ1) is 19.4. The molecule has 2 aromatic carbocycles. The average Bonchev–Trinajstić information content (AvgIpc) is 3.52. The molecule has 0 saturated carbocycles. The van der Waals surface area contributed by atoms with Gasteiger partial charge in [-0.1, -0.05) is 35.5 Å². The molecule has 158 valence electrons. The van der Waals surface area contributed by atoms with Crippen molar-refractivity contribution in [1.29, 1.82) is 0 Å². The van der Waals surface area contributed by atoms with Gasteiger partial charge in [-0.15, -0.1) is 5.10 Å². The molecule has 0 radical (unpaired) electrons. The van der Waals surface area contributed by atoms with Gasteiger partial charge in [0.05, 0.1) is 23.3 Å². The SMILES string of the molecule is O=C(c1cn(CCCc2ccccc2)nn1)N1CCC[C@@H]1c1nc2ccc(F)cc2[nH]1. The van der Waals surface area contributed by atoms with E-state index < -0.39 is 0 Å². The lowest BCUT2D eigenvalue weighted by atomic mass is 10.1. The van der Waals surface area contributed by atoms with Gasteiger partial charge in [0.25, 0.3) is 5.91 Å². The molecule has 8 heteroatoms. The van der Waals surface area contributed by atoms with Crippen molar-refractivity contribution in [3.63, 3.8) is 0 Å². The van der Waals surface area contributed by atoms with Crippen molar-refractivity contribution in [2.24, 2.45) is 0 Å². The topological polar surface area (TPSA) is 79.7 Å². The van der Waals surface area contributed by atoms with Gasteiger partial charge in [-0.25, -0.2) is 9.37 Å². The Morgan fingerprint density at radius 2 is 2.06 bits per heavy atom. The molecule has 0 unspecified atom stereocenters. The quantitative estimate of drug-likeness (QED) is 0.515. The first-order chi connectivity index (χ1) is 15.2. The monoisotopic (exact) mass is 418 g/mol. The molecular weight excluding hydrogens is 395 g/mol. The number of carbonyl (C=O) groups excluding carboxylic acids is 1. The minimum atomic E-state index is -0.314. The van der Waals surface area contributed by atoms with Crippen molar-refractivity contribution in [1.82, 2.24) is 29.9 Å². The van der Waals surface area contributed by atoms with Crippen molar-refractivity contribution in [3.05, 3.63) is 77.6 Å². The predicted molar refractivity (Wildman–Crippen MR) is 114 cm³/mol. The van der Waals surface area contributed by atoms with E-state index in [4.69, 9.17) is 0 Å². The van der Waals surface area contributed by atoms with E-state index in [-0.39, 0.29) is 17.8 Å². The number of hydrogen-bond donors (Lipinski definition) is 1. The fraction of sp³-hybridized carbons (Fsp3) is 0.304. The number of aryl methyl sites for hydroxylation is 2. The van der Waals surface area contributed by atoms with Crippen LogP contribution in [0.15, 0.2) is 54.7 Å². The van der Waals surface area contributed by atoms with E-state index in [1.807, 2.05) is 18.2 Å². The Hall–Kier alpha value is -3.55. The summed E-state index contributed by atoms with van der Waals surface area (Å²) in [5, 5.41) is 8.25. The molecule has 7 nitrogen and oxygen atoms in total. The van der Waals surface area contributed by atoms with Gasteiger partial charge in [0.2, 0.25) is 0 Å². The third kappa shape index (κ3) is 4.05. The number of nitrogens with one attached hydrogen (secondary N) is 1. The Morgan fingerprint density at radius 3 is 2.94 bits per heavy atom. The second-order valence-corrected chi connectivity index (χ2v) is 7.90. The smallest absolute Gasteiger partial charge is 0.276 e. The van der Waals surface area contributed by atoms with E-state index in [2.05, 4.69) is 32.4 Å². The van der Waals surface area contributed by atoms with Crippen LogP contribution in [0.25, 0.3) is 11.0 Å². The zero-order valence-corrected chi connectivity index (χ0v) is 17.0. The normalized spacial score (nSPS) is 16.3. The molecule has 1 N–H and O–H groups in total. The van der Waals surface area contributed by atoms with Crippen molar-refractivity contribution in [3.8, 4) is 0 Å². The van der Waals surface area contributed by atoms with Gasteiger partial charge in [0, 0.05) is 13.1 Å². The van der Waals surface area contributed by atoms with Gasteiger partial charge >= 0.3 is 0 Å². The number of benzene rings is 2. The highest BCUT2D eigenvalue weighted by molar-refractivity contribution is 5.92. The number of aromatic nitrogens is 5. The first-order valence-electron chi connectivity index (χ1n) is 10.6. The summed E-state index contributed by atoms with van der Waals surface area (Å²) in [5.74, 6) is 0.219. The van der Waals surface area contributed by atoms with Gasteiger partial charge in [0.15, 0.2) is 5.69 Å². The molecule has 1 atom stereocenters. The molecule has 1 amide bonds. The van der Waals surface area contributed by atoms with Crippen LogP contribution in [0.3, 0.4) is 0 Å². The highest BCUT2D eigenvalue weighted by Gasteiger charge is 2.34. The van der Waals surface area contributed by atoms with E-state index in [0.29, 0.717) is 35.6 Å². The Morgan fingerprint density at radius 1 is 1.19 bits per heavy atom. The molecule has 0 aliphatic carbocycles. The minimum absolute atomic E-state index is 0.150. The van der Waals surface area contributed by atoms with E-state index in [1.54, 1.807) is 21.8 Å². The number of amides is 1. The van der Waals surface area contributed by atoms with Crippen molar-refractivity contribution < 1.29 is 9.18 Å². The highest BCUT2D eigenvalue weighted by Crippen LogP contribution is 2.32. The molecule has 5 rings (SSSR count). The number of halogens is 1. The van der Waals surface area contributed by atoms with Gasteiger partial charge in [-0.3, -0.25) is 9.48 Å². The highest BCUT2D eigenvalue weighted by atomic mass is 19.1. The Balaban J connectivity index is 1.26. The number of likely N-dealkylation sites (tertiary alicyclic amines) is 1. The molecule has 4 aromatic rings. The zero-order chi connectivity index (χ0) is 21.2. The number of rotatable bonds is 6. The van der Waals surface area contributed by atoms with Crippen LogP contribution in [0.4, 0.5) is 4.39 Å². The van der Waals surface area contributed by atoms with Crippen molar-refractivity contribution in [2.45, 2.75) is 38.3 Å². The molecule has 31 heavy (non-hydrogen) atoms. The Labute approximate surface area is 178 Å². The van der Waals surface area contributed by atoms with E-state index in [1.165, 1.54) is 17.7 Å². The summed E-state index contributed by atoms with van der Waals surface area (Å²) >= 11 is 0. The third-order valence-corrected chi connectivity index (χ3v) is 5.74. The van der Waals surface area contributed by atoms with E-state index in [0.717, 1.165) is 25.7 Å². The maximum Gasteiger partial charge on any atom is 0.276 e. The molecule has 1 fully saturated rings. The number of nitrogens with zero attached hydrogens (tertiary/aromatic N) is 5. The number of H-pyrrole nitrogens is 1. The van der Waals surface area contributed by atoms with Crippen molar-refractivity contribution in [2.75, 3.05) is 6.54 Å².